The first-order valence-electron chi connectivity index (χ1n) is 8.32. The van der Waals surface area contributed by atoms with Crippen LogP contribution in [-0.2, 0) is 19.7 Å². The lowest BCUT2D eigenvalue weighted by Gasteiger charge is -2.14. The molecule has 0 aliphatic carbocycles. The van der Waals surface area contributed by atoms with Crippen LogP contribution in [0.5, 0.6) is 5.75 Å². The lowest BCUT2D eigenvalue weighted by atomic mass is 10.1. The van der Waals surface area contributed by atoms with Crippen molar-refractivity contribution in [3.8, 4) is 5.75 Å². The lowest BCUT2D eigenvalue weighted by molar-refractivity contribution is 0.302. The highest BCUT2D eigenvalue weighted by Crippen LogP contribution is 2.26. The maximum atomic E-state index is 6.20. The van der Waals surface area contributed by atoms with E-state index >= 15 is 0 Å². The van der Waals surface area contributed by atoms with Gasteiger partial charge in [-0.2, -0.15) is 0 Å². The monoisotopic (exact) mass is 439 g/mol. The van der Waals surface area contributed by atoms with E-state index in [9.17, 15) is 0 Å². The minimum atomic E-state index is 0.385. The third-order valence-corrected chi connectivity index (χ3v) is 5.33. The van der Waals surface area contributed by atoms with Crippen LogP contribution in [0.1, 0.15) is 16.7 Å². The van der Waals surface area contributed by atoms with E-state index in [1.807, 2.05) is 48.5 Å². The van der Waals surface area contributed by atoms with Gasteiger partial charge < -0.3 is 10.1 Å². The molecule has 0 heterocycles. The molecule has 0 saturated heterocycles. The molecule has 0 bridgehead atoms. The molecule has 0 amide bonds. The fourth-order valence-electron chi connectivity index (χ4n) is 2.59. The molecule has 0 radical (unpaired) electrons. The number of halogens is 4. The summed E-state index contributed by atoms with van der Waals surface area (Å²) >= 11 is 24.4. The molecule has 0 saturated carbocycles. The Hall–Kier alpha value is -1.42. The van der Waals surface area contributed by atoms with E-state index in [2.05, 4.69) is 5.32 Å². The van der Waals surface area contributed by atoms with Crippen LogP contribution in [-0.4, -0.2) is 0 Å². The van der Waals surface area contributed by atoms with Gasteiger partial charge in [0.15, 0.2) is 0 Å². The largest absolute Gasteiger partial charge is 0.489 e. The van der Waals surface area contributed by atoms with Crippen molar-refractivity contribution in [2.24, 2.45) is 0 Å². The van der Waals surface area contributed by atoms with Crippen LogP contribution in [0.3, 0.4) is 0 Å². The Morgan fingerprint density at radius 3 is 2.26 bits per heavy atom. The summed E-state index contributed by atoms with van der Waals surface area (Å²) in [6.45, 7) is 1.64. The van der Waals surface area contributed by atoms with E-state index in [0.717, 1.165) is 27.5 Å². The molecule has 0 atom stereocenters. The average molecular weight is 441 g/mol. The molecule has 0 fully saturated rings. The normalized spacial score (nSPS) is 10.8. The molecule has 140 valence electrons. The molecule has 0 aromatic heterocycles. The summed E-state index contributed by atoms with van der Waals surface area (Å²) in [6.07, 6.45) is 0. The van der Waals surface area contributed by atoms with Gasteiger partial charge in [0.05, 0.1) is 10.0 Å². The van der Waals surface area contributed by atoms with Crippen molar-refractivity contribution in [1.29, 1.82) is 0 Å². The summed E-state index contributed by atoms with van der Waals surface area (Å²) in [4.78, 5) is 0. The molecule has 3 rings (SSSR count). The maximum absolute atomic E-state index is 6.20. The van der Waals surface area contributed by atoms with E-state index in [1.165, 1.54) is 0 Å². The molecule has 0 unspecified atom stereocenters. The smallest absolute Gasteiger partial charge is 0.124 e. The number of hydrogen-bond donors (Lipinski definition) is 1. The molecule has 0 spiro atoms. The molecule has 3 aromatic rings. The van der Waals surface area contributed by atoms with E-state index in [4.69, 9.17) is 51.1 Å². The van der Waals surface area contributed by atoms with Crippen molar-refractivity contribution in [1.82, 2.24) is 5.32 Å². The number of nitrogens with one attached hydrogen (secondary N) is 1. The summed E-state index contributed by atoms with van der Waals surface area (Å²) in [5.41, 5.74) is 2.95. The van der Waals surface area contributed by atoms with Gasteiger partial charge >= 0.3 is 0 Å². The Morgan fingerprint density at radius 2 is 1.48 bits per heavy atom. The van der Waals surface area contributed by atoms with E-state index in [0.29, 0.717) is 34.8 Å². The zero-order valence-electron chi connectivity index (χ0n) is 14.3. The summed E-state index contributed by atoms with van der Waals surface area (Å²) < 4.78 is 5.97. The third kappa shape index (κ3) is 5.78. The molecule has 1 N–H and O–H groups in total. The standard InChI is InChI=1S/C21H17Cl4NO/c22-17-6-8-21(27-13-14-5-7-19(24)20(25)9-14)16(10-17)12-26-11-15-3-1-2-4-18(15)23/h1-10,26H,11-13H2. The van der Waals surface area contributed by atoms with E-state index in [1.54, 1.807) is 12.1 Å². The zero-order chi connectivity index (χ0) is 19.2. The number of ether oxygens (including phenoxy) is 1. The second-order valence-electron chi connectivity index (χ2n) is 5.98. The molecular weight excluding hydrogens is 424 g/mol. The number of rotatable bonds is 7. The summed E-state index contributed by atoms with van der Waals surface area (Å²) in [5.74, 6) is 0.761. The van der Waals surface area contributed by atoms with Crippen LogP contribution < -0.4 is 10.1 Å². The molecule has 27 heavy (non-hydrogen) atoms. The Labute approximate surface area is 179 Å². The Morgan fingerprint density at radius 1 is 0.704 bits per heavy atom. The molecule has 0 aliphatic rings. The topological polar surface area (TPSA) is 21.3 Å². The minimum Gasteiger partial charge on any atom is -0.489 e. The van der Waals surface area contributed by atoms with Crippen LogP contribution in [0, 0.1) is 0 Å². The second-order valence-corrected chi connectivity index (χ2v) is 7.64. The highest BCUT2D eigenvalue weighted by Gasteiger charge is 2.07. The van der Waals surface area contributed by atoms with Gasteiger partial charge in [0.2, 0.25) is 0 Å². The van der Waals surface area contributed by atoms with Crippen LogP contribution in [0.2, 0.25) is 20.1 Å². The Kier molecular flexibility index (Phi) is 7.28. The van der Waals surface area contributed by atoms with Gasteiger partial charge in [-0.15, -0.1) is 0 Å². The third-order valence-electron chi connectivity index (χ3n) is 3.99. The highest BCUT2D eigenvalue weighted by molar-refractivity contribution is 6.42. The van der Waals surface area contributed by atoms with Crippen molar-refractivity contribution >= 4 is 46.4 Å². The first-order valence-corrected chi connectivity index (χ1v) is 9.83. The van der Waals surface area contributed by atoms with Gasteiger partial charge in [-0.25, -0.2) is 0 Å². The number of benzene rings is 3. The Bertz CT molecular complexity index is 930. The highest BCUT2D eigenvalue weighted by atomic mass is 35.5. The summed E-state index contributed by atoms with van der Waals surface area (Å²) in [5, 5.41) is 5.82. The first kappa shape index (κ1) is 20.3. The van der Waals surface area contributed by atoms with Crippen LogP contribution >= 0.6 is 46.4 Å². The van der Waals surface area contributed by atoms with Crippen molar-refractivity contribution < 1.29 is 4.74 Å². The van der Waals surface area contributed by atoms with Crippen molar-refractivity contribution in [2.75, 3.05) is 0 Å². The van der Waals surface area contributed by atoms with Gasteiger partial charge in [0, 0.05) is 28.7 Å². The van der Waals surface area contributed by atoms with Gasteiger partial charge in [-0.3, -0.25) is 0 Å². The Balaban J connectivity index is 1.65. The summed E-state index contributed by atoms with van der Waals surface area (Å²) in [7, 11) is 0. The van der Waals surface area contributed by atoms with Gasteiger partial charge in [0.1, 0.15) is 12.4 Å². The number of hydrogen-bond acceptors (Lipinski definition) is 2. The molecule has 6 heteroatoms. The minimum absolute atomic E-state index is 0.385. The van der Waals surface area contributed by atoms with Crippen LogP contribution in [0.4, 0.5) is 0 Å². The van der Waals surface area contributed by atoms with Gasteiger partial charge in [-0.1, -0.05) is 70.7 Å². The van der Waals surface area contributed by atoms with Crippen molar-refractivity contribution in [3.63, 3.8) is 0 Å². The molecule has 3 aromatic carbocycles. The molecular formula is C21H17Cl4NO. The van der Waals surface area contributed by atoms with Gasteiger partial charge in [0.25, 0.3) is 0 Å². The predicted octanol–water partition coefficient (Wildman–Crippen LogP) is 7.17. The lowest BCUT2D eigenvalue weighted by Crippen LogP contribution is -2.14. The predicted molar refractivity (Wildman–Crippen MR) is 114 cm³/mol. The van der Waals surface area contributed by atoms with Crippen molar-refractivity contribution in [3.05, 3.63) is 97.4 Å². The van der Waals surface area contributed by atoms with Gasteiger partial charge in [-0.05, 0) is 47.5 Å². The van der Waals surface area contributed by atoms with Crippen LogP contribution in [0.25, 0.3) is 0 Å². The SMILES string of the molecule is Clc1ccc(OCc2ccc(Cl)c(Cl)c2)c(CNCc2ccccc2Cl)c1. The summed E-state index contributed by atoms with van der Waals surface area (Å²) in [6, 6.07) is 18.8. The van der Waals surface area contributed by atoms with Crippen LogP contribution in [0.15, 0.2) is 60.7 Å². The first-order chi connectivity index (χ1) is 13.0. The zero-order valence-corrected chi connectivity index (χ0v) is 17.3. The molecule has 2 nitrogen and oxygen atoms in total. The second kappa shape index (κ2) is 9.68. The quantitative estimate of drug-likeness (QED) is 0.420. The fourth-order valence-corrected chi connectivity index (χ4v) is 3.31. The van der Waals surface area contributed by atoms with E-state index in [-0.39, 0.29) is 0 Å². The molecule has 0 aliphatic heterocycles. The maximum Gasteiger partial charge on any atom is 0.124 e. The van der Waals surface area contributed by atoms with Crippen molar-refractivity contribution in [2.45, 2.75) is 19.7 Å². The average Bonchev–Trinajstić information content (AvgIpc) is 2.65. The van der Waals surface area contributed by atoms with E-state index < -0.39 is 0 Å². The fraction of sp³-hybridized carbons (Fsp3) is 0.143.